The molecule has 1 aliphatic rings. The van der Waals surface area contributed by atoms with Crippen LogP contribution in [0.25, 0.3) is 0 Å². The first-order valence-electron chi connectivity index (χ1n) is 8.26. The van der Waals surface area contributed by atoms with Crippen molar-refractivity contribution in [2.75, 3.05) is 11.1 Å². The normalized spacial score (nSPS) is 13.5. The van der Waals surface area contributed by atoms with Gasteiger partial charge in [-0.15, -0.1) is 0 Å². The molecule has 25 heavy (non-hydrogen) atoms. The van der Waals surface area contributed by atoms with Crippen molar-refractivity contribution in [3.63, 3.8) is 0 Å². The van der Waals surface area contributed by atoms with Gasteiger partial charge in [0.1, 0.15) is 0 Å². The highest BCUT2D eigenvalue weighted by atomic mass is 79.9. The van der Waals surface area contributed by atoms with Crippen LogP contribution in [0.2, 0.25) is 0 Å². The zero-order chi connectivity index (χ0) is 18.0. The van der Waals surface area contributed by atoms with Crippen LogP contribution in [0.5, 0.6) is 0 Å². The summed E-state index contributed by atoms with van der Waals surface area (Å²) in [5.74, 6) is -0.495. The number of amides is 1. The summed E-state index contributed by atoms with van der Waals surface area (Å²) in [5.41, 5.74) is 4.08. The largest absolute Gasteiger partial charge is 0.326 e. The van der Waals surface area contributed by atoms with E-state index in [-0.39, 0.29) is 18.1 Å². The maximum atomic E-state index is 12.5. The molecule has 0 heterocycles. The van der Waals surface area contributed by atoms with Crippen LogP contribution in [0.3, 0.4) is 0 Å². The Morgan fingerprint density at radius 2 is 1.88 bits per heavy atom. The number of sulfone groups is 1. The van der Waals surface area contributed by atoms with Gasteiger partial charge in [0.15, 0.2) is 9.84 Å². The van der Waals surface area contributed by atoms with Crippen LogP contribution >= 0.6 is 15.9 Å². The molecule has 0 fully saturated rings. The number of fused-ring (bicyclic) bond motifs is 1. The lowest BCUT2D eigenvalue weighted by Crippen LogP contribution is -2.17. The number of anilines is 1. The van der Waals surface area contributed by atoms with E-state index in [2.05, 4.69) is 21.2 Å². The SMILES string of the molecule is Cc1ccc(NC(=O)CCS(=O)(=O)c2ccc3c(c2)CCC3)cc1Br. The summed E-state index contributed by atoms with van der Waals surface area (Å²) in [6.07, 6.45) is 2.96. The first-order chi connectivity index (χ1) is 11.8. The van der Waals surface area contributed by atoms with Crippen molar-refractivity contribution in [2.45, 2.75) is 37.5 Å². The number of hydrogen-bond acceptors (Lipinski definition) is 3. The molecule has 4 nitrogen and oxygen atoms in total. The predicted molar refractivity (Wildman–Crippen MR) is 103 cm³/mol. The van der Waals surface area contributed by atoms with Gasteiger partial charge in [-0.2, -0.15) is 0 Å². The fourth-order valence-corrected chi connectivity index (χ4v) is 4.65. The van der Waals surface area contributed by atoms with E-state index in [1.54, 1.807) is 18.2 Å². The number of carbonyl (C=O) groups excluding carboxylic acids is 1. The standard InChI is InChI=1S/C19H20BrNO3S/c1-13-5-7-16(12-18(13)20)21-19(22)9-10-25(23,24)17-8-6-14-3-2-4-15(14)11-17/h5-8,11-12H,2-4,9-10H2,1H3,(H,21,22). The van der Waals surface area contributed by atoms with Gasteiger partial charge in [-0.1, -0.05) is 28.1 Å². The molecule has 0 radical (unpaired) electrons. The van der Waals surface area contributed by atoms with Gasteiger partial charge >= 0.3 is 0 Å². The third kappa shape index (κ3) is 4.30. The Morgan fingerprint density at radius 3 is 2.64 bits per heavy atom. The Kier molecular flexibility index (Phi) is 5.29. The lowest BCUT2D eigenvalue weighted by atomic mass is 10.1. The quantitative estimate of drug-likeness (QED) is 0.791. The van der Waals surface area contributed by atoms with Crippen molar-refractivity contribution in [1.82, 2.24) is 0 Å². The van der Waals surface area contributed by atoms with Crippen molar-refractivity contribution in [3.05, 3.63) is 57.6 Å². The van der Waals surface area contributed by atoms with E-state index < -0.39 is 9.84 Å². The minimum absolute atomic E-state index is 0.0646. The van der Waals surface area contributed by atoms with Gasteiger partial charge in [0.2, 0.25) is 5.91 Å². The smallest absolute Gasteiger partial charge is 0.225 e. The molecule has 0 aromatic heterocycles. The van der Waals surface area contributed by atoms with E-state index in [1.165, 1.54) is 5.56 Å². The summed E-state index contributed by atoms with van der Waals surface area (Å²) >= 11 is 3.41. The molecule has 1 amide bonds. The number of rotatable bonds is 5. The molecule has 0 saturated heterocycles. The van der Waals surface area contributed by atoms with Gasteiger partial charge in [-0.3, -0.25) is 4.79 Å². The van der Waals surface area contributed by atoms with Gasteiger partial charge in [0.25, 0.3) is 0 Å². The van der Waals surface area contributed by atoms with Crippen molar-refractivity contribution >= 4 is 37.4 Å². The van der Waals surface area contributed by atoms with E-state index >= 15 is 0 Å². The van der Waals surface area contributed by atoms with E-state index in [1.807, 2.05) is 25.1 Å². The number of carbonyl (C=O) groups is 1. The average molecular weight is 422 g/mol. The topological polar surface area (TPSA) is 63.2 Å². The monoisotopic (exact) mass is 421 g/mol. The van der Waals surface area contributed by atoms with Crippen LogP contribution in [-0.4, -0.2) is 20.1 Å². The lowest BCUT2D eigenvalue weighted by Gasteiger charge is -2.09. The summed E-state index contributed by atoms with van der Waals surface area (Å²) in [4.78, 5) is 12.4. The minimum atomic E-state index is -3.45. The van der Waals surface area contributed by atoms with Crippen LogP contribution in [0.1, 0.15) is 29.5 Å². The maximum Gasteiger partial charge on any atom is 0.225 e. The molecular formula is C19H20BrNO3S. The third-order valence-electron chi connectivity index (χ3n) is 4.48. The fourth-order valence-electron chi connectivity index (χ4n) is 2.98. The van der Waals surface area contributed by atoms with E-state index in [4.69, 9.17) is 0 Å². The van der Waals surface area contributed by atoms with Crippen LogP contribution < -0.4 is 5.32 Å². The van der Waals surface area contributed by atoms with Gasteiger partial charge in [0.05, 0.1) is 10.6 Å². The van der Waals surface area contributed by atoms with Gasteiger partial charge in [-0.25, -0.2) is 8.42 Å². The van der Waals surface area contributed by atoms with Gasteiger partial charge in [-0.05, 0) is 67.1 Å². The number of nitrogens with one attached hydrogen (secondary N) is 1. The molecule has 1 N–H and O–H groups in total. The molecule has 6 heteroatoms. The second kappa shape index (κ2) is 7.30. The molecular weight excluding hydrogens is 402 g/mol. The Labute approximate surface area is 156 Å². The highest BCUT2D eigenvalue weighted by Gasteiger charge is 2.20. The Bertz CT molecular complexity index is 922. The summed E-state index contributed by atoms with van der Waals surface area (Å²) in [6, 6.07) is 10.8. The Hall–Kier alpha value is -1.66. The zero-order valence-electron chi connectivity index (χ0n) is 14.0. The molecule has 1 aliphatic carbocycles. The molecule has 0 unspecified atom stereocenters. The highest BCUT2D eigenvalue weighted by Crippen LogP contribution is 2.25. The fraction of sp³-hybridized carbons (Fsp3) is 0.316. The molecule has 0 spiro atoms. The number of aryl methyl sites for hydroxylation is 3. The number of halogens is 1. The molecule has 0 saturated carbocycles. The van der Waals surface area contributed by atoms with E-state index in [9.17, 15) is 13.2 Å². The molecule has 0 atom stereocenters. The van der Waals surface area contributed by atoms with Gasteiger partial charge < -0.3 is 5.32 Å². The summed E-state index contributed by atoms with van der Waals surface area (Å²) in [6.45, 7) is 1.96. The molecule has 2 aromatic carbocycles. The summed E-state index contributed by atoms with van der Waals surface area (Å²) < 4.78 is 25.9. The zero-order valence-corrected chi connectivity index (χ0v) is 16.4. The van der Waals surface area contributed by atoms with Crippen LogP contribution in [0.4, 0.5) is 5.69 Å². The molecule has 132 valence electrons. The number of benzene rings is 2. The van der Waals surface area contributed by atoms with Crippen molar-refractivity contribution in [2.24, 2.45) is 0 Å². The number of hydrogen-bond donors (Lipinski definition) is 1. The van der Waals surface area contributed by atoms with Crippen LogP contribution in [0.15, 0.2) is 45.8 Å². The summed E-state index contributed by atoms with van der Waals surface area (Å²) in [7, 11) is -3.45. The van der Waals surface area contributed by atoms with Crippen molar-refractivity contribution < 1.29 is 13.2 Å². The first-order valence-corrected chi connectivity index (χ1v) is 10.7. The summed E-state index contributed by atoms with van der Waals surface area (Å²) in [5, 5.41) is 2.74. The second-order valence-electron chi connectivity index (χ2n) is 6.37. The van der Waals surface area contributed by atoms with E-state index in [0.717, 1.165) is 34.9 Å². The van der Waals surface area contributed by atoms with Crippen LogP contribution in [-0.2, 0) is 27.5 Å². The highest BCUT2D eigenvalue weighted by molar-refractivity contribution is 9.10. The molecule has 3 rings (SSSR count). The first kappa shape index (κ1) is 18.1. The maximum absolute atomic E-state index is 12.5. The van der Waals surface area contributed by atoms with Crippen molar-refractivity contribution in [1.29, 1.82) is 0 Å². The Morgan fingerprint density at radius 1 is 1.12 bits per heavy atom. The third-order valence-corrected chi connectivity index (χ3v) is 7.05. The van der Waals surface area contributed by atoms with Crippen LogP contribution in [0, 0.1) is 6.92 Å². The Balaban J connectivity index is 1.63. The lowest BCUT2D eigenvalue weighted by molar-refractivity contribution is -0.115. The van der Waals surface area contributed by atoms with Gasteiger partial charge in [0, 0.05) is 16.6 Å². The predicted octanol–water partition coefficient (Wildman–Crippen LogP) is 4.05. The molecule has 0 bridgehead atoms. The molecule has 0 aliphatic heterocycles. The van der Waals surface area contributed by atoms with Crippen molar-refractivity contribution in [3.8, 4) is 0 Å². The van der Waals surface area contributed by atoms with E-state index in [0.29, 0.717) is 10.6 Å². The second-order valence-corrected chi connectivity index (χ2v) is 9.33. The minimum Gasteiger partial charge on any atom is -0.326 e. The average Bonchev–Trinajstić information content (AvgIpc) is 3.04. The molecule has 2 aromatic rings.